The molecule has 1 heterocycles. The Kier molecular flexibility index (Phi) is 6.86. The Bertz CT molecular complexity index is 1020. The fraction of sp³-hybridized carbons (Fsp3) is 0.273. The first-order chi connectivity index (χ1) is 13.5. The molecular formula is C22H23BrN2O2S. The van der Waals surface area contributed by atoms with Crippen molar-refractivity contribution < 1.29 is 9.53 Å². The number of hydrogen-bond donors (Lipinski definition) is 0. The molecule has 0 bridgehead atoms. The van der Waals surface area contributed by atoms with Gasteiger partial charge in [-0.05, 0) is 55.3 Å². The van der Waals surface area contributed by atoms with E-state index in [1.54, 1.807) is 12.1 Å². The first kappa shape index (κ1) is 20.6. The van der Waals surface area contributed by atoms with E-state index in [9.17, 15) is 4.79 Å². The van der Waals surface area contributed by atoms with E-state index in [1.165, 1.54) is 11.3 Å². The van der Waals surface area contributed by atoms with Crippen LogP contribution in [0.2, 0.25) is 0 Å². The van der Waals surface area contributed by atoms with Crippen LogP contribution in [0.5, 0.6) is 5.75 Å². The van der Waals surface area contributed by atoms with Crippen LogP contribution in [0.1, 0.15) is 35.0 Å². The van der Waals surface area contributed by atoms with Crippen molar-refractivity contribution in [3.63, 3.8) is 0 Å². The monoisotopic (exact) mass is 458 g/mol. The van der Waals surface area contributed by atoms with Gasteiger partial charge in [-0.15, -0.1) is 11.3 Å². The molecule has 0 atom stereocenters. The summed E-state index contributed by atoms with van der Waals surface area (Å²) < 4.78 is 8.66. The van der Waals surface area contributed by atoms with Gasteiger partial charge in [0.15, 0.2) is 4.80 Å². The number of ether oxygens (including phenoxy) is 1. The first-order valence-electron chi connectivity index (χ1n) is 9.24. The zero-order chi connectivity index (χ0) is 20.1. The molecule has 0 aliphatic rings. The minimum atomic E-state index is -0.251. The van der Waals surface area contributed by atoms with Gasteiger partial charge in [0.25, 0.3) is 5.91 Å². The van der Waals surface area contributed by atoms with Crippen LogP contribution < -0.4 is 9.54 Å². The van der Waals surface area contributed by atoms with Crippen molar-refractivity contribution in [2.45, 2.75) is 26.7 Å². The zero-order valence-electron chi connectivity index (χ0n) is 16.2. The van der Waals surface area contributed by atoms with E-state index in [0.717, 1.165) is 39.2 Å². The molecule has 0 unspecified atom stereocenters. The number of hydrogen-bond acceptors (Lipinski definition) is 3. The molecule has 1 aromatic heterocycles. The first-order valence-corrected chi connectivity index (χ1v) is 10.8. The van der Waals surface area contributed by atoms with Crippen molar-refractivity contribution in [2.75, 3.05) is 6.61 Å². The molecule has 0 saturated heterocycles. The number of unbranched alkanes of at least 4 members (excludes halogenated alkanes) is 1. The molecule has 0 N–H and O–H groups in total. The van der Waals surface area contributed by atoms with Crippen LogP contribution in [0.15, 0.2) is 58.0 Å². The van der Waals surface area contributed by atoms with Gasteiger partial charge in [0.2, 0.25) is 0 Å². The largest absolute Gasteiger partial charge is 0.494 e. The highest BCUT2D eigenvalue weighted by Crippen LogP contribution is 2.26. The lowest BCUT2D eigenvalue weighted by Gasteiger charge is -2.05. The van der Waals surface area contributed by atoms with E-state index in [4.69, 9.17) is 4.74 Å². The molecule has 0 fully saturated rings. The van der Waals surface area contributed by atoms with Crippen molar-refractivity contribution in [1.29, 1.82) is 0 Å². The minimum absolute atomic E-state index is 0.251. The Morgan fingerprint density at radius 1 is 1.14 bits per heavy atom. The molecule has 0 aliphatic carbocycles. The van der Waals surface area contributed by atoms with Gasteiger partial charge in [-0.2, -0.15) is 4.99 Å². The molecule has 3 rings (SSSR count). The molecule has 3 aromatic rings. The Morgan fingerprint density at radius 2 is 1.82 bits per heavy atom. The van der Waals surface area contributed by atoms with E-state index < -0.39 is 0 Å². The lowest BCUT2D eigenvalue weighted by atomic mass is 10.1. The third kappa shape index (κ3) is 4.80. The normalized spacial score (nSPS) is 11.6. The molecular weight excluding hydrogens is 436 g/mol. The van der Waals surface area contributed by atoms with Gasteiger partial charge in [-0.3, -0.25) is 4.79 Å². The fourth-order valence-electron chi connectivity index (χ4n) is 2.87. The Morgan fingerprint density at radius 3 is 2.46 bits per heavy atom. The van der Waals surface area contributed by atoms with Gasteiger partial charge in [0, 0.05) is 22.0 Å². The summed E-state index contributed by atoms with van der Waals surface area (Å²) in [6, 6.07) is 15.3. The molecule has 0 radical (unpaired) electrons. The molecule has 2 aromatic carbocycles. The van der Waals surface area contributed by atoms with Crippen molar-refractivity contribution >= 4 is 33.2 Å². The fourth-order valence-corrected chi connectivity index (χ4v) is 4.11. The number of amides is 1. The van der Waals surface area contributed by atoms with Gasteiger partial charge in [0.05, 0.1) is 12.3 Å². The second-order valence-electron chi connectivity index (χ2n) is 6.50. The van der Waals surface area contributed by atoms with E-state index in [0.29, 0.717) is 17.0 Å². The summed E-state index contributed by atoms with van der Waals surface area (Å²) in [5.74, 6) is 0.527. The Balaban J connectivity index is 1.84. The van der Waals surface area contributed by atoms with Gasteiger partial charge >= 0.3 is 0 Å². The molecule has 146 valence electrons. The van der Waals surface area contributed by atoms with E-state index in [-0.39, 0.29) is 5.91 Å². The molecule has 28 heavy (non-hydrogen) atoms. The number of nitrogens with zero attached hydrogens (tertiary/aromatic N) is 2. The van der Waals surface area contributed by atoms with Gasteiger partial charge in [0.1, 0.15) is 5.75 Å². The standard InChI is InChI=1S/C22H23BrN2O2S/c1-4-5-14-27-19-12-8-17(9-13-19)21(26)24-22-25(3)20(15(2)28-22)16-6-10-18(23)11-7-16/h6-13H,4-5,14H2,1-3H3. The predicted octanol–water partition coefficient (Wildman–Crippen LogP) is 5.74. The maximum Gasteiger partial charge on any atom is 0.279 e. The number of aromatic nitrogens is 1. The predicted molar refractivity (Wildman–Crippen MR) is 118 cm³/mol. The lowest BCUT2D eigenvalue weighted by molar-refractivity contribution is 0.0998. The molecule has 0 aliphatic heterocycles. The van der Waals surface area contributed by atoms with Crippen molar-refractivity contribution in [2.24, 2.45) is 12.0 Å². The van der Waals surface area contributed by atoms with E-state index in [1.807, 2.05) is 42.8 Å². The summed E-state index contributed by atoms with van der Waals surface area (Å²) >= 11 is 4.98. The summed E-state index contributed by atoms with van der Waals surface area (Å²) in [6.45, 7) is 4.87. The van der Waals surface area contributed by atoms with Gasteiger partial charge < -0.3 is 9.30 Å². The van der Waals surface area contributed by atoms with E-state index in [2.05, 4.69) is 40.0 Å². The SMILES string of the molecule is CCCCOc1ccc(C(=O)N=c2sc(C)c(-c3ccc(Br)cc3)n2C)cc1. The maximum atomic E-state index is 12.6. The number of rotatable bonds is 6. The third-order valence-corrected chi connectivity index (χ3v) is 5.96. The highest BCUT2D eigenvalue weighted by Gasteiger charge is 2.12. The average molecular weight is 459 g/mol. The second kappa shape index (κ2) is 9.34. The number of halogens is 1. The van der Waals surface area contributed by atoms with Crippen molar-refractivity contribution in [3.8, 4) is 17.0 Å². The summed E-state index contributed by atoms with van der Waals surface area (Å²) in [4.78, 5) is 18.8. The second-order valence-corrected chi connectivity index (χ2v) is 8.60. The van der Waals surface area contributed by atoms with Crippen LogP contribution in [0, 0.1) is 6.92 Å². The molecule has 1 amide bonds. The maximum absolute atomic E-state index is 12.6. The van der Waals surface area contributed by atoms with Crippen molar-refractivity contribution in [3.05, 3.63) is 68.2 Å². The van der Waals surface area contributed by atoms with Crippen LogP contribution >= 0.6 is 27.3 Å². The van der Waals surface area contributed by atoms with Crippen LogP contribution in [0.4, 0.5) is 0 Å². The van der Waals surface area contributed by atoms with Crippen molar-refractivity contribution in [1.82, 2.24) is 4.57 Å². The molecule has 6 heteroatoms. The number of carbonyl (C=O) groups excluding carboxylic acids is 1. The summed E-state index contributed by atoms with van der Waals surface area (Å²) in [7, 11) is 1.94. The Labute approximate surface area is 177 Å². The summed E-state index contributed by atoms with van der Waals surface area (Å²) in [5, 5.41) is 0. The average Bonchev–Trinajstić information content (AvgIpc) is 2.96. The van der Waals surface area contributed by atoms with Crippen LogP contribution in [-0.4, -0.2) is 17.1 Å². The number of thiazole rings is 1. The number of aryl methyl sites for hydroxylation is 1. The van der Waals surface area contributed by atoms with Gasteiger partial charge in [-0.1, -0.05) is 41.4 Å². The summed E-state index contributed by atoms with van der Waals surface area (Å²) in [6.07, 6.45) is 2.11. The summed E-state index contributed by atoms with van der Waals surface area (Å²) in [5.41, 5.74) is 2.73. The van der Waals surface area contributed by atoms with E-state index >= 15 is 0 Å². The van der Waals surface area contributed by atoms with Gasteiger partial charge in [-0.25, -0.2) is 0 Å². The zero-order valence-corrected chi connectivity index (χ0v) is 18.6. The molecule has 4 nitrogen and oxygen atoms in total. The molecule has 0 saturated carbocycles. The lowest BCUT2D eigenvalue weighted by Crippen LogP contribution is -2.14. The van der Waals surface area contributed by atoms with Crippen LogP contribution in [0.3, 0.4) is 0 Å². The minimum Gasteiger partial charge on any atom is -0.494 e. The quantitative estimate of drug-likeness (QED) is 0.441. The topological polar surface area (TPSA) is 43.6 Å². The van der Waals surface area contributed by atoms with Crippen LogP contribution in [0.25, 0.3) is 11.3 Å². The van der Waals surface area contributed by atoms with Crippen LogP contribution in [-0.2, 0) is 7.05 Å². The smallest absolute Gasteiger partial charge is 0.279 e. The number of carbonyl (C=O) groups is 1. The number of benzene rings is 2. The molecule has 0 spiro atoms. The third-order valence-electron chi connectivity index (χ3n) is 4.38. The highest BCUT2D eigenvalue weighted by molar-refractivity contribution is 9.10. The highest BCUT2D eigenvalue weighted by atomic mass is 79.9. The Hall–Kier alpha value is -2.18.